The van der Waals surface area contributed by atoms with Gasteiger partial charge in [0.15, 0.2) is 17.7 Å². The molecule has 154 valence electrons. The highest BCUT2D eigenvalue weighted by Crippen LogP contribution is 2.45. The molecule has 0 bridgehead atoms. The van der Waals surface area contributed by atoms with Crippen LogP contribution in [0, 0.1) is 22.8 Å². The van der Waals surface area contributed by atoms with Crippen LogP contribution in [0.4, 0.5) is 17.3 Å². The topological polar surface area (TPSA) is 177 Å². The first kappa shape index (κ1) is 20.4. The molecule has 3 rings (SSSR count). The second-order valence-corrected chi connectivity index (χ2v) is 6.09. The molecule has 1 aliphatic rings. The van der Waals surface area contributed by atoms with Crippen molar-refractivity contribution >= 4 is 23.3 Å². The zero-order chi connectivity index (χ0) is 21.8. The zero-order valence-corrected chi connectivity index (χ0v) is 16.6. The predicted octanol–water partition coefficient (Wildman–Crippen LogP) is 1.48. The predicted molar refractivity (Wildman–Crippen MR) is 110 cm³/mol. The molecule has 0 fully saturated rings. The molecule has 1 aliphatic heterocycles. The van der Waals surface area contributed by atoms with Crippen molar-refractivity contribution in [3.63, 3.8) is 0 Å². The Morgan fingerprint density at radius 1 is 1.20 bits per heavy atom. The SMILES string of the molecule is CCOc1c(OC)cc(C2N=C(NC#N)Nc3nc(N)c(C#N)c(N)c32)cc1OC. The van der Waals surface area contributed by atoms with E-state index in [4.69, 9.17) is 30.9 Å². The van der Waals surface area contributed by atoms with E-state index in [1.807, 2.05) is 19.2 Å². The first-order valence-electron chi connectivity index (χ1n) is 8.86. The Balaban J connectivity index is 2.28. The number of anilines is 3. The minimum atomic E-state index is -0.726. The number of nitrogen functional groups attached to an aromatic ring is 2. The summed E-state index contributed by atoms with van der Waals surface area (Å²) in [5.41, 5.74) is 13.4. The fraction of sp³-hybridized carbons (Fsp3) is 0.263. The molecule has 11 heteroatoms. The largest absolute Gasteiger partial charge is 0.493 e. The summed E-state index contributed by atoms with van der Waals surface area (Å²) in [6.45, 7) is 2.26. The maximum atomic E-state index is 9.44. The van der Waals surface area contributed by atoms with E-state index in [-0.39, 0.29) is 28.8 Å². The molecule has 1 aromatic carbocycles. The third kappa shape index (κ3) is 3.40. The lowest BCUT2D eigenvalue weighted by Gasteiger charge is -2.27. The molecule has 1 atom stereocenters. The summed E-state index contributed by atoms with van der Waals surface area (Å²) < 4.78 is 16.6. The van der Waals surface area contributed by atoms with Crippen LogP contribution < -0.4 is 36.3 Å². The van der Waals surface area contributed by atoms with E-state index in [2.05, 4.69) is 20.6 Å². The number of ether oxygens (including phenoxy) is 3. The third-order valence-electron chi connectivity index (χ3n) is 4.44. The molecule has 2 aromatic rings. The minimum Gasteiger partial charge on any atom is -0.493 e. The molecule has 30 heavy (non-hydrogen) atoms. The quantitative estimate of drug-likeness (QED) is 0.418. The number of fused-ring (bicyclic) bond motifs is 1. The highest BCUT2D eigenvalue weighted by molar-refractivity contribution is 5.98. The normalized spacial score (nSPS) is 14.3. The molecule has 0 radical (unpaired) electrons. The number of guanidine groups is 1. The van der Waals surface area contributed by atoms with E-state index in [0.29, 0.717) is 35.0 Å². The molecular weight excluding hydrogens is 388 g/mol. The van der Waals surface area contributed by atoms with Gasteiger partial charge in [0.25, 0.3) is 0 Å². The standard InChI is InChI=1S/C19H20N8O3/c1-4-30-16-11(28-2)5-9(6-12(16)29-3)15-13-14(22)10(7-20)17(23)26-18(13)27-19(25-15)24-8-21/h5-6,15H,4H2,1-3H3,(H6,22,23,24,25,26,27). The molecule has 11 nitrogen and oxygen atoms in total. The van der Waals surface area contributed by atoms with Crippen molar-refractivity contribution in [2.24, 2.45) is 4.99 Å². The van der Waals surface area contributed by atoms with Crippen LogP contribution in [0.2, 0.25) is 0 Å². The van der Waals surface area contributed by atoms with Crippen LogP contribution in [-0.2, 0) is 0 Å². The number of hydrogen-bond acceptors (Lipinski definition) is 11. The summed E-state index contributed by atoms with van der Waals surface area (Å²) in [4.78, 5) is 8.76. The van der Waals surface area contributed by atoms with Gasteiger partial charge in [-0.25, -0.2) is 9.98 Å². The number of benzene rings is 1. The molecule has 2 heterocycles. The number of aromatic nitrogens is 1. The number of nitrogens with zero attached hydrogens (tertiary/aromatic N) is 4. The Morgan fingerprint density at radius 3 is 2.40 bits per heavy atom. The van der Waals surface area contributed by atoms with Crippen LogP contribution in [0.5, 0.6) is 17.2 Å². The molecule has 1 aromatic heterocycles. The number of aliphatic imine (C=N–C) groups is 1. The molecule has 0 spiro atoms. The maximum Gasteiger partial charge on any atom is 0.211 e. The van der Waals surface area contributed by atoms with Gasteiger partial charge in [0.1, 0.15) is 29.3 Å². The number of nitriles is 2. The van der Waals surface area contributed by atoms with Crippen LogP contribution in [0.1, 0.15) is 29.7 Å². The summed E-state index contributed by atoms with van der Waals surface area (Å²) in [5.74, 6) is 1.71. The van der Waals surface area contributed by atoms with Gasteiger partial charge in [-0.1, -0.05) is 0 Å². The van der Waals surface area contributed by atoms with E-state index in [1.165, 1.54) is 14.2 Å². The number of methoxy groups -OCH3 is 2. The van der Waals surface area contributed by atoms with Gasteiger partial charge in [0.2, 0.25) is 11.7 Å². The number of pyridine rings is 1. The van der Waals surface area contributed by atoms with Crippen molar-refractivity contribution in [1.29, 1.82) is 10.5 Å². The van der Waals surface area contributed by atoms with E-state index in [9.17, 15) is 5.26 Å². The third-order valence-corrected chi connectivity index (χ3v) is 4.44. The van der Waals surface area contributed by atoms with Gasteiger partial charge in [-0.05, 0) is 24.6 Å². The van der Waals surface area contributed by atoms with Crippen molar-refractivity contribution in [2.45, 2.75) is 13.0 Å². The fourth-order valence-electron chi connectivity index (χ4n) is 3.17. The summed E-state index contributed by atoms with van der Waals surface area (Å²) >= 11 is 0. The Morgan fingerprint density at radius 2 is 1.87 bits per heavy atom. The Hall–Kier alpha value is -4.38. The zero-order valence-electron chi connectivity index (χ0n) is 16.6. The van der Waals surface area contributed by atoms with Crippen LogP contribution in [0.25, 0.3) is 0 Å². The van der Waals surface area contributed by atoms with Crippen LogP contribution in [-0.4, -0.2) is 31.8 Å². The fourth-order valence-corrected chi connectivity index (χ4v) is 3.17. The molecule has 1 unspecified atom stereocenters. The second kappa shape index (κ2) is 8.32. The van der Waals surface area contributed by atoms with Crippen molar-refractivity contribution in [3.8, 4) is 29.5 Å². The van der Waals surface area contributed by atoms with E-state index in [0.717, 1.165) is 0 Å². The van der Waals surface area contributed by atoms with Crippen molar-refractivity contribution in [3.05, 3.63) is 28.8 Å². The van der Waals surface area contributed by atoms with Gasteiger partial charge < -0.3 is 31.0 Å². The highest BCUT2D eigenvalue weighted by Gasteiger charge is 2.31. The molecule has 6 N–H and O–H groups in total. The summed E-state index contributed by atoms with van der Waals surface area (Å²) in [5, 5.41) is 23.8. The van der Waals surface area contributed by atoms with Gasteiger partial charge in [-0.2, -0.15) is 10.5 Å². The average Bonchev–Trinajstić information content (AvgIpc) is 2.73. The van der Waals surface area contributed by atoms with Crippen molar-refractivity contribution in [2.75, 3.05) is 37.6 Å². The molecule has 0 aliphatic carbocycles. The van der Waals surface area contributed by atoms with Crippen LogP contribution in [0.3, 0.4) is 0 Å². The number of hydrogen-bond donors (Lipinski definition) is 4. The maximum absolute atomic E-state index is 9.44. The molecule has 0 saturated heterocycles. The lowest BCUT2D eigenvalue weighted by Crippen LogP contribution is -2.32. The van der Waals surface area contributed by atoms with E-state index >= 15 is 0 Å². The monoisotopic (exact) mass is 408 g/mol. The lowest BCUT2D eigenvalue weighted by atomic mass is 9.94. The number of nitrogens with two attached hydrogens (primary N) is 2. The van der Waals surface area contributed by atoms with Gasteiger partial charge >= 0.3 is 0 Å². The van der Waals surface area contributed by atoms with E-state index < -0.39 is 6.04 Å². The second-order valence-electron chi connectivity index (χ2n) is 6.09. The van der Waals surface area contributed by atoms with Gasteiger partial charge in [-0.3, -0.25) is 5.32 Å². The highest BCUT2D eigenvalue weighted by atomic mass is 16.5. The Kier molecular flexibility index (Phi) is 5.65. The van der Waals surface area contributed by atoms with E-state index in [1.54, 1.807) is 12.1 Å². The smallest absolute Gasteiger partial charge is 0.211 e. The van der Waals surface area contributed by atoms with Gasteiger partial charge in [-0.15, -0.1) is 0 Å². The number of rotatable bonds is 5. The van der Waals surface area contributed by atoms with Gasteiger partial charge in [0.05, 0.1) is 26.5 Å². The van der Waals surface area contributed by atoms with Crippen LogP contribution in [0.15, 0.2) is 17.1 Å². The molecule has 0 saturated carbocycles. The summed E-state index contributed by atoms with van der Waals surface area (Å²) in [7, 11) is 3.02. The Labute approximate surface area is 172 Å². The molecule has 0 amide bonds. The lowest BCUT2D eigenvalue weighted by molar-refractivity contribution is 0.288. The first-order chi connectivity index (χ1) is 14.5. The summed E-state index contributed by atoms with van der Waals surface area (Å²) in [6.07, 6.45) is 1.81. The first-order valence-corrected chi connectivity index (χ1v) is 8.86. The van der Waals surface area contributed by atoms with Gasteiger partial charge in [0, 0.05) is 5.56 Å². The Bertz CT molecular complexity index is 1080. The minimum absolute atomic E-state index is 0.0277. The summed E-state index contributed by atoms with van der Waals surface area (Å²) in [6, 6.07) is 4.69. The average molecular weight is 408 g/mol. The van der Waals surface area contributed by atoms with Crippen molar-refractivity contribution in [1.82, 2.24) is 10.3 Å². The van der Waals surface area contributed by atoms with Crippen LogP contribution >= 0.6 is 0 Å². The molecular formula is C19H20N8O3. The number of nitrogens with one attached hydrogen (secondary N) is 2. The van der Waals surface area contributed by atoms with Crippen molar-refractivity contribution < 1.29 is 14.2 Å².